The third kappa shape index (κ3) is 4.21. The molecule has 0 radical (unpaired) electrons. The van der Waals surface area contributed by atoms with Crippen molar-refractivity contribution in [1.29, 1.82) is 0 Å². The van der Waals surface area contributed by atoms with Crippen LogP contribution in [0.3, 0.4) is 0 Å². The Morgan fingerprint density at radius 2 is 2.10 bits per heavy atom. The van der Waals surface area contributed by atoms with Crippen LogP contribution < -0.4 is 16.0 Å². The van der Waals surface area contributed by atoms with Gasteiger partial charge < -0.3 is 16.0 Å². The number of benzene rings is 1. The fourth-order valence-electron chi connectivity index (χ4n) is 1.82. The number of rotatable bonds is 6. The van der Waals surface area contributed by atoms with Gasteiger partial charge in [-0.25, -0.2) is 0 Å². The van der Waals surface area contributed by atoms with E-state index in [0.717, 1.165) is 0 Å². The zero-order chi connectivity index (χ0) is 14.5. The zero-order valence-electron chi connectivity index (χ0n) is 11.3. The van der Waals surface area contributed by atoms with Crippen LogP contribution in [0.2, 0.25) is 5.02 Å². The molecule has 0 saturated heterocycles. The molecule has 1 aromatic rings. The Kier molecular flexibility index (Phi) is 4.98. The van der Waals surface area contributed by atoms with Crippen LogP contribution in [0.4, 0.5) is 5.69 Å². The van der Waals surface area contributed by atoms with E-state index >= 15 is 0 Å². The van der Waals surface area contributed by atoms with Crippen LogP contribution in [0, 0.1) is 5.92 Å². The first-order valence-electron chi connectivity index (χ1n) is 6.62. The number of hydrogen-bond acceptors (Lipinski definition) is 3. The molecule has 0 bridgehead atoms. The van der Waals surface area contributed by atoms with Crippen LogP contribution in [0.25, 0.3) is 0 Å². The smallest absolute Gasteiger partial charge is 0.253 e. The van der Waals surface area contributed by atoms with Gasteiger partial charge in [-0.3, -0.25) is 9.59 Å². The number of amides is 2. The summed E-state index contributed by atoms with van der Waals surface area (Å²) in [7, 11) is 1.69. The molecule has 0 aliphatic heterocycles. The van der Waals surface area contributed by atoms with Crippen molar-refractivity contribution >= 4 is 29.1 Å². The molecule has 20 heavy (non-hydrogen) atoms. The lowest BCUT2D eigenvalue weighted by molar-refractivity contribution is -0.115. The lowest BCUT2D eigenvalue weighted by atomic mass is 10.1. The quantitative estimate of drug-likeness (QED) is 0.747. The van der Waals surface area contributed by atoms with Crippen LogP contribution in [0.1, 0.15) is 23.2 Å². The number of carbonyl (C=O) groups is 2. The van der Waals surface area contributed by atoms with Crippen molar-refractivity contribution in [2.75, 3.05) is 25.5 Å². The van der Waals surface area contributed by atoms with Crippen LogP contribution >= 0.6 is 11.6 Å². The van der Waals surface area contributed by atoms with E-state index in [2.05, 4.69) is 16.0 Å². The maximum Gasteiger partial charge on any atom is 0.253 e. The molecule has 0 heterocycles. The number of halogens is 1. The Hall–Kier alpha value is -1.59. The number of anilines is 1. The lowest BCUT2D eigenvalue weighted by Gasteiger charge is -2.12. The molecule has 108 valence electrons. The molecule has 5 nitrogen and oxygen atoms in total. The van der Waals surface area contributed by atoms with Crippen LogP contribution in [-0.4, -0.2) is 32.0 Å². The van der Waals surface area contributed by atoms with Crippen molar-refractivity contribution in [1.82, 2.24) is 10.6 Å². The summed E-state index contributed by atoms with van der Waals surface area (Å²) in [6, 6.07) is 4.86. The van der Waals surface area contributed by atoms with E-state index in [9.17, 15) is 9.59 Å². The first-order valence-corrected chi connectivity index (χ1v) is 7.00. The highest BCUT2D eigenvalue weighted by atomic mass is 35.5. The minimum atomic E-state index is -0.209. The SMILES string of the molecule is CNCC(=O)Nc1ccc(Cl)cc1C(=O)NCC1CC1. The van der Waals surface area contributed by atoms with Crippen molar-refractivity contribution < 1.29 is 9.59 Å². The second-order valence-corrected chi connectivity index (χ2v) is 5.36. The fourth-order valence-corrected chi connectivity index (χ4v) is 1.99. The molecule has 3 N–H and O–H groups in total. The molecule has 0 unspecified atom stereocenters. The second-order valence-electron chi connectivity index (χ2n) is 4.92. The van der Waals surface area contributed by atoms with E-state index in [1.807, 2.05) is 0 Å². The van der Waals surface area contributed by atoms with Gasteiger partial charge in [-0.1, -0.05) is 11.6 Å². The minimum absolute atomic E-state index is 0.186. The molecular formula is C14H18ClN3O2. The van der Waals surface area contributed by atoms with Crippen molar-refractivity contribution in [3.8, 4) is 0 Å². The molecule has 0 aromatic heterocycles. The van der Waals surface area contributed by atoms with Gasteiger partial charge in [0.1, 0.15) is 0 Å². The summed E-state index contributed by atoms with van der Waals surface area (Å²) in [5.41, 5.74) is 0.866. The van der Waals surface area contributed by atoms with Gasteiger partial charge in [-0.05, 0) is 44.0 Å². The summed E-state index contributed by atoms with van der Waals surface area (Å²) >= 11 is 5.93. The van der Waals surface area contributed by atoms with Crippen molar-refractivity contribution in [2.24, 2.45) is 5.92 Å². The topological polar surface area (TPSA) is 70.2 Å². The third-order valence-corrected chi connectivity index (χ3v) is 3.32. The number of likely N-dealkylation sites (N-methyl/N-ethyl adjacent to an activating group) is 1. The Balaban J connectivity index is 2.09. The Bertz CT molecular complexity index is 515. The summed E-state index contributed by atoms with van der Waals surface area (Å²) in [4.78, 5) is 23.8. The molecule has 0 spiro atoms. The average molecular weight is 296 g/mol. The first kappa shape index (κ1) is 14.8. The van der Waals surface area contributed by atoms with E-state index in [-0.39, 0.29) is 18.4 Å². The van der Waals surface area contributed by atoms with Crippen molar-refractivity contribution in [2.45, 2.75) is 12.8 Å². The van der Waals surface area contributed by atoms with Gasteiger partial charge in [-0.15, -0.1) is 0 Å². The predicted molar refractivity (Wildman–Crippen MR) is 79.1 cm³/mol. The number of nitrogens with one attached hydrogen (secondary N) is 3. The van der Waals surface area contributed by atoms with E-state index in [1.54, 1.807) is 25.2 Å². The van der Waals surface area contributed by atoms with Crippen molar-refractivity contribution in [3.05, 3.63) is 28.8 Å². The Morgan fingerprint density at radius 1 is 1.35 bits per heavy atom. The van der Waals surface area contributed by atoms with Gasteiger partial charge >= 0.3 is 0 Å². The van der Waals surface area contributed by atoms with Crippen molar-refractivity contribution in [3.63, 3.8) is 0 Å². The first-order chi connectivity index (χ1) is 9.60. The monoisotopic (exact) mass is 295 g/mol. The highest BCUT2D eigenvalue weighted by Crippen LogP contribution is 2.28. The Labute approximate surface area is 123 Å². The van der Waals surface area contributed by atoms with E-state index in [0.29, 0.717) is 28.7 Å². The minimum Gasteiger partial charge on any atom is -0.352 e. The molecule has 0 atom stereocenters. The van der Waals surface area contributed by atoms with Gasteiger partial charge in [0, 0.05) is 11.6 Å². The molecule has 1 aliphatic rings. The zero-order valence-corrected chi connectivity index (χ0v) is 12.1. The third-order valence-electron chi connectivity index (χ3n) is 3.09. The summed E-state index contributed by atoms with van der Waals surface area (Å²) in [5.74, 6) is 0.186. The molecule has 1 fully saturated rings. The summed E-state index contributed by atoms with van der Waals surface area (Å²) < 4.78 is 0. The van der Waals surface area contributed by atoms with Crippen LogP contribution in [-0.2, 0) is 4.79 Å². The van der Waals surface area contributed by atoms with E-state index in [1.165, 1.54) is 12.8 Å². The summed E-state index contributed by atoms with van der Waals surface area (Å²) in [5, 5.41) is 8.79. The number of carbonyl (C=O) groups excluding carboxylic acids is 2. The van der Waals surface area contributed by atoms with E-state index < -0.39 is 0 Å². The van der Waals surface area contributed by atoms with Gasteiger partial charge in [0.05, 0.1) is 17.8 Å². The normalized spacial score (nSPS) is 13.9. The maximum absolute atomic E-state index is 12.2. The molecule has 2 rings (SSSR count). The van der Waals surface area contributed by atoms with Gasteiger partial charge in [0.15, 0.2) is 0 Å². The van der Waals surface area contributed by atoms with E-state index in [4.69, 9.17) is 11.6 Å². The largest absolute Gasteiger partial charge is 0.352 e. The standard InChI is InChI=1S/C14H18ClN3O2/c1-16-8-13(19)18-12-5-4-10(15)6-11(12)14(20)17-7-9-2-3-9/h4-6,9,16H,2-3,7-8H2,1H3,(H,17,20)(H,18,19). The maximum atomic E-state index is 12.2. The molecule has 1 aromatic carbocycles. The van der Waals surface area contributed by atoms with Crippen LogP contribution in [0.5, 0.6) is 0 Å². The molecule has 6 heteroatoms. The van der Waals surface area contributed by atoms with Crippen LogP contribution in [0.15, 0.2) is 18.2 Å². The molecule has 1 saturated carbocycles. The van der Waals surface area contributed by atoms with Gasteiger partial charge in [0.25, 0.3) is 5.91 Å². The highest BCUT2D eigenvalue weighted by Gasteiger charge is 2.22. The van der Waals surface area contributed by atoms with Gasteiger partial charge in [0.2, 0.25) is 5.91 Å². The number of hydrogen-bond donors (Lipinski definition) is 3. The molecule has 1 aliphatic carbocycles. The summed E-state index contributed by atoms with van der Waals surface area (Å²) in [6.07, 6.45) is 2.34. The molecular weight excluding hydrogens is 278 g/mol. The summed E-state index contributed by atoms with van der Waals surface area (Å²) in [6.45, 7) is 0.862. The second kappa shape index (κ2) is 6.72. The fraction of sp³-hybridized carbons (Fsp3) is 0.429. The highest BCUT2D eigenvalue weighted by molar-refractivity contribution is 6.31. The lowest BCUT2D eigenvalue weighted by Crippen LogP contribution is -2.29. The molecule has 2 amide bonds. The van der Waals surface area contributed by atoms with Gasteiger partial charge in [-0.2, -0.15) is 0 Å². The Morgan fingerprint density at radius 3 is 2.75 bits per heavy atom. The average Bonchev–Trinajstić information content (AvgIpc) is 3.22. The predicted octanol–water partition coefficient (Wildman–Crippen LogP) is 1.64.